The second kappa shape index (κ2) is 6.03. The minimum Gasteiger partial charge on any atom is -0.485 e. The lowest BCUT2D eigenvalue weighted by atomic mass is 10.1. The number of para-hydroxylation sites is 1. The first kappa shape index (κ1) is 15.7. The van der Waals surface area contributed by atoms with Gasteiger partial charge in [-0.3, -0.25) is 0 Å². The van der Waals surface area contributed by atoms with Crippen LogP contribution in [0.4, 0.5) is 0 Å². The van der Waals surface area contributed by atoms with E-state index in [2.05, 4.69) is 22.0 Å². The molecule has 132 valence electrons. The third-order valence-corrected chi connectivity index (χ3v) is 5.99. The Bertz CT molecular complexity index is 1120. The average Bonchev–Trinajstić information content (AvgIpc) is 3.20. The van der Waals surface area contributed by atoms with Crippen LogP contribution in [0.5, 0.6) is 5.75 Å². The summed E-state index contributed by atoms with van der Waals surface area (Å²) in [5.74, 6) is 1.54. The van der Waals surface area contributed by atoms with Gasteiger partial charge in [0.05, 0.1) is 5.39 Å². The number of likely N-dealkylation sites (N-methyl/N-ethyl adjacent to an activating group) is 1. The number of rotatable bonds is 3. The summed E-state index contributed by atoms with van der Waals surface area (Å²) in [4.78, 5) is 14.2. The van der Waals surface area contributed by atoms with Gasteiger partial charge in [-0.2, -0.15) is 0 Å². The van der Waals surface area contributed by atoms with E-state index in [4.69, 9.17) is 9.72 Å². The van der Waals surface area contributed by atoms with Crippen LogP contribution in [0.1, 0.15) is 21.8 Å². The molecular formula is C19H19N5OS. The molecule has 7 heteroatoms. The van der Waals surface area contributed by atoms with Gasteiger partial charge in [-0.15, -0.1) is 16.4 Å². The summed E-state index contributed by atoms with van der Waals surface area (Å²) in [6, 6.07) is 7.98. The van der Waals surface area contributed by atoms with E-state index in [1.807, 2.05) is 31.2 Å². The molecule has 0 atom stereocenters. The van der Waals surface area contributed by atoms with E-state index in [-0.39, 0.29) is 0 Å². The monoisotopic (exact) mass is 365 g/mol. The van der Waals surface area contributed by atoms with Crippen molar-refractivity contribution in [3.8, 4) is 5.75 Å². The van der Waals surface area contributed by atoms with Gasteiger partial charge in [-0.05, 0) is 37.6 Å². The lowest BCUT2D eigenvalue weighted by Crippen LogP contribution is -2.25. The van der Waals surface area contributed by atoms with Crippen LogP contribution in [-0.2, 0) is 19.6 Å². The van der Waals surface area contributed by atoms with Gasteiger partial charge < -0.3 is 9.64 Å². The molecule has 1 aromatic carbocycles. The molecule has 5 rings (SSSR count). The Labute approximate surface area is 155 Å². The Kier molecular flexibility index (Phi) is 3.65. The summed E-state index contributed by atoms with van der Waals surface area (Å²) < 4.78 is 7.69. The van der Waals surface area contributed by atoms with Gasteiger partial charge in [0.25, 0.3) is 0 Å². The van der Waals surface area contributed by atoms with Crippen molar-refractivity contribution in [3.05, 3.63) is 52.4 Å². The molecule has 0 bridgehead atoms. The minimum absolute atomic E-state index is 0.350. The highest BCUT2D eigenvalue weighted by atomic mass is 32.1. The maximum absolute atomic E-state index is 5.91. The molecule has 0 saturated carbocycles. The standard InChI is InChI=1S/C19H19N5OS/c1-12-5-3-4-6-14(12)25-10-16-21-18-17-13-7-8-23(2)9-15(13)26-19(17)20-11-24(18)22-16/h3-6,11H,7-10H2,1-2H3. The lowest BCUT2D eigenvalue weighted by molar-refractivity contribution is 0.294. The van der Waals surface area contributed by atoms with Gasteiger partial charge >= 0.3 is 0 Å². The molecule has 0 saturated heterocycles. The van der Waals surface area contributed by atoms with Crippen LogP contribution in [0.3, 0.4) is 0 Å². The Morgan fingerprint density at radius 3 is 3.04 bits per heavy atom. The maximum Gasteiger partial charge on any atom is 0.189 e. The number of thiophene rings is 1. The predicted molar refractivity (Wildman–Crippen MR) is 102 cm³/mol. The quantitative estimate of drug-likeness (QED) is 0.558. The summed E-state index contributed by atoms with van der Waals surface area (Å²) in [6.45, 7) is 4.44. The molecule has 0 radical (unpaired) electrons. The number of nitrogens with zero attached hydrogens (tertiary/aromatic N) is 5. The van der Waals surface area contributed by atoms with Crippen molar-refractivity contribution in [3.63, 3.8) is 0 Å². The zero-order chi connectivity index (χ0) is 17.7. The molecule has 1 aliphatic heterocycles. The first-order valence-corrected chi connectivity index (χ1v) is 9.52. The highest BCUT2D eigenvalue weighted by Gasteiger charge is 2.22. The normalized spacial score (nSPS) is 14.8. The van der Waals surface area contributed by atoms with E-state index in [9.17, 15) is 0 Å². The number of aryl methyl sites for hydroxylation is 1. The third-order valence-electron chi connectivity index (χ3n) is 4.86. The van der Waals surface area contributed by atoms with Gasteiger partial charge in [0, 0.05) is 18.0 Å². The molecule has 0 unspecified atom stereocenters. The maximum atomic E-state index is 5.91. The van der Waals surface area contributed by atoms with Crippen molar-refractivity contribution in [1.29, 1.82) is 0 Å². The molecule has 4 aromatic rings. The summed E-state index contributed by atoms with van der Waals surface area (Å²) in [5, 5.41) is 5.73. The van der Waals surface area contributed by atoms with E-state index in [1.165, 1.54) is 10.4 Å². The minimum atomic E-state index is 0.350. The van der Waals surface area contributed by atoms with E-state index >= 15 is 0 Å². The molecular weight excluding hydrogens is 346 g/mol. The molecule has 3 aromatic heterocycles. The Morgan fingerprint density at radius 2 is 2.15 bits per heavy atom. The molecule has 1 aliphatic rings. The fourth-order valence-corrected chi connectivity index (χ4v) is 4.75. The molecule has 0 amide bonds. The number of aromatic nitrogens is 4. The molecule has 6 nitrogen and oxygen atoms in total. The highest BCUT2D eigenvalue weighted by molar-refractivity contribution is 7.19. The zero-order valence-electron chi connectivity index (χ0n) is 14.8. The van der Waals surface area contributed by atoms with Gasteiger partial charge in [0.1, 0.15) is 23.5 Å². The number of hydrogen-bond acceptors (Lipinski definition) is 6. The van der Waals surface area contributed by atoms with Crippen LogP contribution in [-0.4, -0.2) is 38.1 Å². The molecule has 4 heterocycles. The van der Waals surface area contributed by atoms with Crippen molar-refractivity contribution < 1.29 is 4.74 Å². The summed E-state index contributed by atoms with van der Waals surface area (Å²) >= 11 is 1.77. The zero-order valence-corrected chi connectivity index (χ0v) is 15.6. The Balaban J connectivity index is 1.53. The van der Waals surface area contributed by atoms with E-state index in [1.54, 1.807) is 22.2 Å². The first-order valence-electron chi connectivity index (χ1n) is 8.70. The van der Waals surface area contributed by atoms with Gasteiger partial charge in [-0.1, -0.05) is 18.2 Å². The fraction of sp³-hybridized carbons (Fsp3) is 0.316. The number of hydrogen-bond donors (Lipinski definition) is 0. The largest absolute Gasteiger partial charge is 0.485 e. The summed E-state index contributed by atoms with van der Waals surface area (Å²) in [7, 11) is 2.16. The van der Waals surface area contributed by atoms with E-state index < -0.39 is 0 Å². The Hall–Kier alpha value is -2.51. The average molecular weight is 365 g/mol. The lowest BCUT2D eigenvalue weighted by Gasteiger charge is -2.21. The van der Waals surface area contributed by atoms with Crippen LogP contribution < -0.4 is 4.74 Å². The van der Waals surface area contributed by atoms with Crippen LogP contribution in [0.15, 0.2) is 30.6 Å². The van der Waals surface area contributed by atoms with Crippen molar-refractivity contribution >= 4 is 27.2 Å². The fourth-order valence-electron chi connectivity index (χ4n) is 3.49. The highest BCUT2D eigenvalue weighted by Crippen LogP contribution is 2.35. The van der Waals surface area contributed by atoms with Crippen LogP contribution in [0.2, 0.25) is 0 Å². The number of ether oxygens (including phenoxy) is 1. The van der Waals surface area contributed by atoms with Crippen LogP contribution in [0, 0.1) is 6.92 Å². The third kappa shape index (κ3) is 2.55. The van der Waals surface area contributed by atoms with Gasteiger partial charge in [0.2, 0.25) is 0 Å². The molecule has 0 spiro atoms. The van der Waals surface area contributed by atoms with E-state index in [0.29, 0.717) is 12.4 Å². The second-order valence-corrected chi connectivity index (χ2v) is 7.85. The topological polar surface area (TPSA) is 55.6 Å². The van der Waals surface area contributed by atoms with Crippen LogP contribution >= 0.6 is 11.3 Å². The molecule has 26 heavy (non-hydrogen) atoms. The molecule has 0 fully saturated rings. The van der Waals surface area contributed by atoms with Gasteiger partial charge in [0.15, 0.2) is 11.5 Å². The van der Waals surface area contributed by atoms with Gasteiger partial charge in [-0.25, -0.2) is 14.5 Å². The SMILES string of the molecule is Cc1ccccc1OCc1nc2c3c4c(sc3ncn2n1)CN(C)CC4. The second-order valence-electron chi connectivity index (χ2n) is 6.77. The smallest absolute Gasteiger partial charge is 0.189 e. The van der Waals surface area contributed by atoms with Crippen molar-refractivity contribution in [2.24, 2.45) is 0 Å². The molecule has 0 N–H and O–H groups in total. The van der Waals surface area contributed by atoms with Crippen molar-refractivity contribution in [2.45, 2.75) is 26.5 Å². The predicted octanol–water partition coefficient (Wildman–Crippen LogP) is 3.21. The summed E-state index contributed by atoms with van der Waals surface area (Å²) in [6.07, 6.45) is 2.79. The van der Waals surface area contributed by atoms with Crippen molar-refractivity contribution in [2.75, 3.05) is 13.6 Å². The number of fused-ring (bicyclic) bond motifs is 5. The Morgan fingerprint density at radius 1 is 1.27 bits per heavy atom. The first-order chi connectivity index (χ1) is 12.7. The number of benzene rings is 1. The molecule has 0 aliphatic carbocycles. The summed E-state index contributed by atoms with van der Waals surface area (Å²) in [5.41, 5.74) is 3.39. The van der Waals surface area contributed by atoms with Crippen molar-refractivity contribution in [1.82, 2.24) is 24.5 Å². The van der Waals surface area contributed by atoms with Crippen LogP contribution in [0.25, 0.3) is 15.9 Å². The van der Waals surface area contributed by atoms with E-state index in [0.717, 1.165) is 46.7 Å².